The van der Waals surface area contributed by atoms with Gasteiger partial charge in [0.25, 0.3) is 0 Å². The summed E-state index contributed by atoms with van der Waals surface area (Å²) in [6, 6.07) is 11.3. The first-order chi connectivity index (χ1) is 9.13. The van der Waals surface area contributed by atoms with Gasteiger partial charge in [0.05, 0.1) is 11.6 Å². The molecule has 0 saturated heterocycles. The summed E-state index contributed by atoms with van der Waals surface area (Å²) in [6.07, 6.45) is 0. The van der Waals surface area contributed by atoms with E-state index in [0.29, 0.717) is 17.9 Å². The highest BCUT2D eigenvalue weighted by Crippen LogP contribution is 2.25. The zero-order chi connectivity index (χ0) is 13.8. The van der Waals surface area contributed by atoms with Crippen molar-refractivity contribution in [1.29, 1.82) is 5.26 Å². The van der Waals surface area contributed by atoms with Crippen molar-refractivity contribution in [3.63, 3.8) is 0 Å². The molecule has 0 saturated carbocycles. The van der Waals surface area contributed by atoms with Crippen molar-refractivity contribution >= 4 is 23.1 Å². The van der Waals surface area contributed by atoms with E-state index >= 15 is 0 Å². The second-order valence-electron chi connectivity index (χ2n) is 3.87. The molecule has 0 N–H and O–H groups in total. The monoisotopic (exact) mass is 275 g/mol. The lowest BCUT2D eigenvalue weighted by molar-refractivity contribution is 0.628. The summed E-state index contributed by atoms with van der Waals surface area (Å²) in [5, 5.41) is 9.20. The number of nitrogens with zero attached hydrogens (tertiary/aromatic N) is 3. The number of hydrogen-bond acceptors (Lipinski definition) is 3. The van der Waals surface area contributed by atoms with Crippen LogP contribution in [0.25, 0.3) is 0 Å². The summed E-state index contributed by atoms with van der Waals surface area (Å²) in [7, 11) is 0. The number of nitriles is 1. The van der Waals surface area contributed by atoms with Gasteiger partial charge in [-0.1, -0.05) is 11.6 Å². The van der Waals surface area contributed by atoms with Crippen molar-refractivity contribution in [3.05, 3.63) is 52.9 Å². The third-order valence-electron chi connectivity index (χ3n) is 2.64. The van der Waals surface area contributed by atoms with Gasteiger partial charge in [0, 0.05) is 12.2 Å². The van der Waals surface area contributed by atoms with Crippen LogP contribution in [0.3, 0.4) is 0 Å². The number of rotatable bonds is 3. The van der Waals surface area contributed by atoms with Crippen molar-refractivity contribution in [2.45, 2.75) is 6.92 Å². The van der Waals surface area contributed by atoms with Crippen LogP contribution in [0.2, 0.25) is 5.15 Å². The van der Waals surface area contributed by atoms with Gasteiger partial charge in [-0.25, -0.2) is 9.37 Å². The number of benzene rings is 1. The lowest BCUT2D eigenvalue weighted by Gasteiger charge is -2.22. The van der Waals surface area contributed by atoms with Crippen molar-refractivity contribution in [2.75, 3.05) is 11.4 Å². The molecule has 2 aromatic rings. The molecule has 0 bridgehead atoms. The van der Waals surface area contributed by atoms with E-state index in [4.69, 9.17) is 16.9 Å². The predicted octanol–water partition coefficient (Wildman–Crippen LogP) is 3.90. The number of aromatic nitrogens is 1. The summed E-state index contributed by atoms with van der Waals surface area (Å²) in [6.45, 7) is 2.57. The minimum atomic E-state index is -0.295. The lowest BCUT2D eigenvalue weighted by atomic mass is 10.2. The summed E-state index contributed by atoms with van der Waals surface area (Å²) in [4.78, 5) is 6.05. The molecule has 0 aliphatic heterocycles. The van der Waals surface area contributed by atoms with Crippen molar-refractivity contribution in [2.24, 2.45) is 0 Å². The normalized spacial score (nSPS) is 10.0. The number of halogens is 2. The molecule has 1 heterocycles. The summed E-state index contributed by atoms with van der Waals surface area (Å²) >= 11 is 5.89. The summed E-state index contributed by atoms with van der Waals surface area (Å²) in [5.74, 6) is 0.273. The first-order valence-corrected chi connectivity index (χ1v) is 6.12. The molecule has 96 valence electrons. The Morgan fingerprint density at radius 1 is 1.32 bits per heavy atom. The number of pyridine rings is 1. The van der Waals surface area contributed by atoms with Crippen LogP contribution in [0.15, 0.2) is 36.4 Å². The van der Waals surface area contributed by atoms with Crippen LogP contribution in [-0.2, 0) is 0 Å². The van der Waals surface area contributed by atoms with Crippen LogP contribution >= 0.6 is 11.6 Å². The minimum Gasteiger partial charge on any atom is -0.327 e. The molecule has 1 aromatic heterocycles. The summed E-state index contributed by atoms with van der Waals surface area (Å²) in [5.41, 5.74) is 1.23. The topological polar surface area (TPSA) is 39.9 Å². The Bertz CT molecular complexity index is 620. The van der Waals surface area contributed by atoms with Crippen LogP contribution in [-0.4, -0.2) is 11.5 Å². The highest BCUT2D eigenvalue weighted by Gasteiger charge is 2.11. The quantitative estimate of drug-likeness (QED) is 0.798. The second kappa shape index (κ2) is 5.68. The molecular formula is C14H11ClFN3. The van der Waals surface area contributed by atoms with E-state index in [9.17, 15) is 4.39 Å². The first-order valence-electron chi connectivity index (χ1n) is 5.75. The highest BCUT2D eigenvalue weighted by atomic mass is 35.5. The van der Waals surface area contributed by atoms with Crippen LogP contribution < -0.4 is 4.90 Å². The fourth-order valence-electron chi connectivity index (χ4n) is 1.78. The number of hydrogen-bond donors (Lipinski definition) is 0. The third kappa shape index (κ3) is 3.01. The zero-order valence-corrected chi connectivity index (χ0v) is 11.0. The van der Waals surface area contributed by atoms with E-state index in [-0.39, 0.29) is 11.0 Å². The van der Waals surface area contributed by atoms with Gasteiger partial charge in [-0.3, -0.25) is 0 Å². The van der Waals surface area contributed by atoms with E-state index in [1.807, 2.05) is 17.9 Å². The van der Waals surface area contributed by atoms with E-state index < -0.39 is 0 Å². The summed E-state index contributed by atoms with van der Waals surface area (Å²) < 4.78 is 12.9. The lowest BCUT2D eigenvalue weighted by Crippen LogP contribution is -2.17. The van der Waals surface area contributed by atoms with Crippen molar-refractivity contribution in [1.82, 2.24) is 4.98 Å². The maximum Gasteiger partial charge on any atom is 0.136 e. The molecule has 0 fully saturated rings. The van der Waals surface area contributed by atoms with Gasteiger partial charge in [0.15, 0.2) is 0 Å². The average molecular weight is 276 g/mol. The Morgan fingerprint density at radius 3 is 2.58 bits per heavy atom. The molecule has 0 spiro atoms. The molecule has 0 aliphatic carbocycles. The van der Waals surface area contributed by atoms with Crippen molar-refractivity contribution < 1.29 is 4.39 Å². The molecule has 2 rings (SSSR count). The van der Waals surface area contributed by atoms with E-state index in [1.54, 1.807) is 18.2 Å². The molecule has 19 heavy (non-hydrogen) atoms. The average Bonchev–Trinajstić information content (AvgIpc) is 2.41. The Balaban J connectivity index is 2.45. The van der Waals surface area contributed by atoms with Crippen LogP contribution in [0.4, 0.5) is 15.9 Å². The van der Waals surface area contributed by atoms with Gasteiger partial charge in [-0.15, -0.1) is 0 Å². The van der Waals surface area contributed by atoms with Crippen LogP contribution in [0, 0.1) is 17.1 Å². The van der Waals surface area contributed by atoms with Gasteiger partial charge in [-0.2, -0.15) is 5.26 Å². The van der Waals surface area contributed by atoms with E-state index in [1.165, 1.54) is 18.2 Å². The number of anilines is 2. The minimum absolute atomic E-state index is 0.259. The van der Waals surface area contributed by atoms with Gasteiger partial charge < -0.3 is 4.90 Å². The molecular weight excluding hydrogens is 265 g/mol. The Hall–Kier alpha value is -2.12. The molecule has 0 amide bonds. The third-order valence-corrected chi connectivity index (χ3v) is 2.83. The van der Waals surface area contributed by atoms with Gasteiger partial charge in [0.1, 0.15) is 16.8 Å². The Morgan fingerprint density at radius 2 is 2.00 bits per heavy atom. The Labute approximate surface area is 115 Å². The van der Waals surface area contributed by atoms with Crippen molar-refractivity contribution in [3.8, 4) is 6.07 Å². The Kier molecular flexibility index (Phi) is 3.98. The largest absolute Gasteiger partial charge is 0.327 e. The molecule has 0 aliphatic rings. The highest BCUT2D eigenvalue weighted by molar-refractivity contribution is 6.29. The molecule has 0 atom stereocenters. The van der Waals surface area contributed by atoms with E-state index in [2.05, 4.69) is 4.98 Å². The van der Waals surface area contributed by atoms with Gasteiger partial charge >= 0.3 is 0 Å². The smallest absolute Gasteiger partial charge is 0.136 e. The molecule has 0 unspecified atom stereocenters. The zero-order valence-electron chi connectivity index (χ0n) is 10.3. The predicted molar refractivity (Wildman–Crippen MR) is 73.0 cm³/mol. The van der Waals surface area contributed by atoms with Gasteiger partial charge in [0.2, 0.25) is 0 Å². The standard InChI is InChI=1S/C14H11ClFN3/c1-2-19(12-5-3-11(16)4-6-12)14-8-10(9-17)7-13(15)18-14/h3-8H,2H2,1H3. The fourth-order valence-corrected chi connectivity index (χ4v) is 1.99. The molecule has 3 nitrogen and oxygen atoms in total. The first kappa shape index (κ1) is 13.3. The van der Waals surface area contributed by atoms with Gasteiger partial charge in [-0.05, 0) is 43.3 Å². The molecule has 0 radical (unpaired) electrons. The molecule has 1 aromatic carbocycles. The van der Waals surface area contributed by atoms with Crippen LogP contribution in [0.1, 0.15) is 12.5 Å². The molecule has 5 heteroatoms. The maximum atomic E-state index is 12.9. The maximum absolute atomic E-state index is 12.9. The SMILES string of the molecule is CCN(c1ccc(F)cc1)c1cc(C#N)cc(Cl)n1. The van der Waals surface area contributed by atoms with E-state index in [0.717, 1.165) is 5.69 Å². The van der Waals surface area contributed by atoms with Crippen LogP contribution in [0.5, 0.6) is 0 Å². The second-order valence-corrected chi connectivity index (χ2v) is 4.26. The fraction of sp³-hybridized carbons (Fsp3) is 0.143.